The summed E-state index contributed by atoms with van der Waals surface area (Å²) in [5, 5.41) is 11.2. The third-order valence-corrected chi connectivity index (χ3v) is 7.21. The second-order valence-electron chi connectivity index (χ2n) is 8.66. The average molecular weight is 503 g/mol. The maximum Gasteiger partial charge on any atom is 0.267 e. The molecule has 0 saturated carbocycles. The zero-order chi connectivity index (χ0) is 25.1. The van der Waals surface area contributed by atoms with Crippen LogP contribution in [0.4, 0.5) is 0 Å². The van der Waals surface area contributed by atoms with E-state index in [1.54, 1.807) is 22.3 Å². The smallest absolute Gasteiger partial charge is 0.267 e. The van der Waals surface area contributed by atoms with Crippen LogP contribution < -0.4 is 5.73 Å². The molecule has 1 atom stereocenters. The second kappa shape index (κ2) is 10.4. The first-order valence-electron chi connectivity index (χ1n) is 12.0. The number of benzene rings is 1. The fraction of sp³-hybridized carbons (Fsp3) is 0.308. The molecule has 0 spiro atoms. The Morgan fingerprint density at radius 3 is 2.72 bits per heavy atom. The van der Waals surface area contributed by atoms with Crippen LogP contribution in [0, 0.1) is 0 Å². The van der Waals surface area contributed by atoms with Crippen molar-refractivity contribution in [1.29, 1.82) is 0 Å². The molecule has 1 aromatic carbocycles. The van der Waals surface area contributed by atoms with E-state index in [4.69, 9.17) is 15.1 Å². The Balaban J connectivity index is 1.40. The summed E-state index contributed by atoms with van der Waals surface area (Å²) in [5.74, 6) is -0.357. The molecule has 0 aliphatic carbocycles. The molecule has 4 aromatic rings. The lowest BCUT2D eigenvalue weighted by atomic mass is 10.1. The van der Waals surface area contributed by atoms with Crippen LogP contribution >= 0.6 is 11.3 Å². The van der Waals surface area contributed by atoms with Crippen LogP contribution in [0.1, 0.15) is 68.8 Å². The van der Waals surface area contributed by atoms with E-state index in [2.05, 4.69) is 22.1 Å². The number of pyridine rings is 1. The van der Waals surface area contributed by atoms with E-state index in [1.807, 2.05) is 35.7 Å². The van der Waals surface area contributed by atoms with Crippen LogP contribution in [0.2, 0.25) is 0 Å². The number of hydrogen-bond acceptors (Lipinski definition) is 8. The molecule has 9 nitrogen and oxygen atoms in total. The molecule has 1 fully saturated rings. The van der Waals surface area contributed by atoms with E-state index in [0.717, 1.165) is 41.9 Å². The lowest BCUT2D eigenvalue weighted by Crippen LogP contribution is -2.31. The van der Waals surface area contributed by atoms with E-state index in [9.17, 15) is 9.59 Å². The Kier molecular flexibility index (Phi) is 6.86. The normalized spacial score (nSPS) is 15.4. The molecular formula is C26H26N6O3S. The van der Waals surface area contributed by atoms with Crippen molar-refractivity contribution < 1.29 is 14.0 Å². The van der Waals surface area contributed by atoms with Gasteiger partial charge in [-0.15, -0.1) is 21.5 Å². The van der Waals surface area contributed by atoms with Gasteiger partial charge in [0.05, 0.1) is 11.7 Å². The van der Waals surface area contributed by atoms with Crippen LogP contribution in [0.3, 0.4) is 0 Å². The van der Waals surface area contributed by atoms with E-state index in [-0.39, 0.29) is 29.2 Å². The Labute approximate surface area is 212 Å². The van der Waals surface area contributed by atoms with Gasteiger partial charge in [-0.05, 0) is 43.4 Å². The Hall–Kier alpha value is -3.92. The summed E-state index contributed by atoms with van der Waals surface area (Å²) in [6.07, 6.45) is 3.88. The molecule has 36 heavy (non-hydrogen) atoms. The number of amides is 2. The summed E-state index contributed by atoms with van der Waals surface area (Å²) in [4.78, 5) is 36.4. The summed E-state index contributed by atoms with van der Waals surface area (Å²) >= 11 is 1.58. The van der Waals surface area contributed by atoms with Gasteiger partial charge in [0.25, 0.3) is 17.7 Å². The van der Waals surface area contributed by atoms with Gasteiger partial charge in [-0.3, -0.25) is 9.59 Å². The number of nitrogens with two attached hydrogens (primary N) is 1. The van der Waals surface area contributed by atoms with E-state index >= 15 is 0 Å². The fourth-order valence-corrected chi connectivity index (χ4v) is 5.36. The molecule has 2 amide bonds. The Morgan fingerprint density at radius 1 is 1.14 bits per heavy atom. The predicted octanol–water partition coefficient (Wildman–Crippen LogP) is 4.01. The number of nitrogens with zero attached hydrogens (tertiary/aromatic N) is 5. The van der Waals surface area contributed by atoms with E-state index in [1.165, 1.54) is 6.07 Å². The number of hydrogen-bond donors (Lipinski definition) is 1. The molecule has 2 N–H and O–H groups in total. The van der Waals surface area contributed by atoms with Gasteiger partial charge in [-0.1, -0.05) is 37.3 Å². The molecule has 1 unspecified atom stereocenters. The van der Waals surface area contributed by atoms with Crippen LogP contribution in [-0.4, -0.2) is 43.4 Å². The van der Waals surface area contributed by atoms with Gasteiger partial charge < -0.3 is 15.1 Å². The number of thiazole rings is 1. The van der Waals surface area contributed by atoms with Crippen molar-refractivity contribution >= 4 is 23.2 Å². The minimum absolute atomic E-state index is 0.0295. The number of carbonyl (C=O) groups is 2. The van der Waals surface area contributed by atoms with Crippen molar-refractivity contribution in [3.8, 4) is 11.6 Å². The predicted molar refractivity (Wildman–Crippen MR) is 134 cm³/mol. The lowest BCUT2D eigenvalue weighted by molar-refractivity contribution is 0.0735. The first-order valence-corrected chi connectivity index (χ1v) is 12.8. The van der Waals surface area contributed by atoms with Crippen molar-refractivity contribution in [3.05, 3.63) is 81.3 Å². The Bertz CT molecular complexity index is 1380. The summed E-state index contributed by atoms with van der Waals surface area (Å²) in [5.41, 5.74) is 8.23. The van der Waals surface area contributed by atoms with Gasteiger partial charge in [0.1, 0.15) is 16.4 Å². The second-order valence-corrected chi connectivity index (χ2v) is 9.55. The third kappa shape index (κ3) is 5.03. The molecule has 5 rings (SSSR count). The summed E-state index contributed by atoms with van der Waals surface area (Å²) in [6.45, 7) is 2.67. The highest BCUT2D eigenvalue weighted by Gasteiger charge is 2.33. The van der Waals surface area contributed by atoms with Gasteiger partial charge in [0, 0.05) is 23.9 Å². The molecule has 10 heteroatoms. The largest absolute Gasteiger partial charge is 0.419 e. The summed E-state index contributed by atoms with van der Waals surface area (Å²) in [7, 11) is 0. The minimum Gasteiger partial charge on any atom is -0.419 e. The van der Waals surface area contributed by atoms with Crippen molar-refractivity contribution in [3.63, 3.8) is 0 Å². The van der Waals surface area contributed by atoms with Gasteiger partial charge in [0.15, 0.2) is 0 Å². The topological polar surface area (TPSA) is 128 Å². The van der Waals surface area contributed by atoms with Gasteiger partial charge in [0.2, 0.25) is 5.89 Å². The fourth-order valence-electron chi connectivity index (χ4n) is 4.31. The maximum absolute atomic E-state index is 13.6. The molecule has 1 aliphatic heterocycles. The molecular weight excluding hydrogens is 476 g/mol. The first-order chi connectivity index (χ1) is 17.5. The highest BCUT2D eigenvalue weighted by molar-refractivity contribution is 7.09. The standard InChI is InChI=1S/C26H26N6O3S/c1-2-18-15-36-25(28-18)21-9-6-12-32(21)26(34)17-13-19(23(27)33)29-20(14-17)24-31-30-22(35-24)11-10-16-7-4-3-5-8-16/h3-5,7-8,13-15,21H,2,6,9-12H2,1H3,(H2,27,33). The quantitative estimate of drug-likeness (QED) is 0.385. The van der Waals surface area contributed by atoms with Crippen LogP contribution in [0.15, 0.2) is 52.3 Å². The first kappa shape index (κ1) is 23.8. The van der Waals surface area contributed by atoms with Gasteiger partial charge >= 0.3 is 0 Å². The third-order valence-electron chi connectivity index (χ3n) is 6.21. The molecule has 1 aliphatic rings. The zero-order valence-electron chi connectivity index (χ0n) is 19.9. The number of carbonyl (C=O) groups excluding carboxylic acids is 2. The molecule has 1 saturated heterocycles. The highest BCUT2D eigenvalue weighted by Crippen LogP contribution is 2.35. The van der Waals surface area contributed by atoms with Gasteiger partial charge in [-0.2, -0.15) is 0 Å². The molecule has 0 bridgehead atoms. The van der Waals surface area contributed by atoms with Crippen molar-refractivity contribution in [1.82, 2.24) is 25.1 Å². The number of primary amides is 1. The number of rotatable bonds is 8. The van der Waals surface area contributed by atoms with E-state index in [0.29, 0.717) is 24.4 Å². The summed E-state index contributed by atoms with van der Waals surface area (Å²) in [6, 6.07) is 12.9. The lowest BCUT2D eigenvalue weighted by Gasteiger charge is -2.23. The Morgan fingerprint density at radius 2 is 1.97 bits per heavy atom. The van der Waals surface area contributed by atoms with Crippen LogP contribution in [-0.2, 0) is 19.3 Å². The molecule has 4 heterocycles. The number of likely N-dealkylation sites (tertiary alicyclic amines) is 1. The highest BCUT2D eigenvalue weighted by atomic mass is 32.1. The molecule has 184 valence electrons. The SMILES string of the molecule is CCc1csc(C2CCCN2C(=O)c2cc(C(N)=O)nc(-c3nnc(CCc4ccccc4)o3)c2)n1. The summed E-state index contributed by atoms with van der Waals surface area (Å²) < 4.78 is 5.82. The number of aromatic nitrogens is 4. The minimum atomic E-state index is -0.736. The van der Waals surface area contributed by atoms with Gasteiger partial charge in [-0.25, -0.2) is 9.97 Å². The molecule has 3 aromatic heterocycles. The zero-order valence-corrected chi connectivity index (χ0v) is 20.7. The van der Waals surface area contributed by atoms with Crippen molar-refractivity contribution in [2.45, 2.75) is 45.1 Å². The van der Waals surface area contributed by atoms with Crippen LogP contribution in [0.25, 0.3) is 11.6 Å². The van der Waals surface area contributed by atoms with Crippen molar-refractivity contribution in [2.24, 2.45) is 5.73 Å². The van der Waals surface area contributed by atoms with Crippen molar-refractivity contribution in [2.75, 3.05) is 6.54 Å². The van der Waals surface area contributed by atoms with Crippen LogP contribution in [0.5, 0.6) is 0 Å². The number of aryl methyl sites for hydroxylation is 3. The average Bonchev–Trinajstić information content (AvgIpc) is 3.67. The molecule has 0 radical (unpaired) electrons. The monoisotopic (exact) mass is 502 g/mol. The van der Waals surface area contributed by atoms with E-state index < -0.39 is 5.91 Å². The maximum atomic E-state index is 13.6.